The number of benzene rings is 1. The molecule has 0 aliphatic rings. The summed E-state index contributed by atoms with van der Waals surface area (Å²) in [7, 11) is 0. The highest BCUT2D eigenvalue weighted by Gasteiger charge is 2.05. The Morgan fingerprint density at radius 3 is 2.50 bits per heavy atom. The van der Waals surface area contributed by atoms with Crippen LogP contribution in [0, 0.1) is 0 Å². The predicted octanol–water partition coefficient (Wildman–Crippen LogP) is 3.30. The Balaban J connectivity index is 3.23. The van der Waals surface area contributed by atoms with Crippen LogP contribution in [0.5, 0.6) is 0 Å². The van der Waals surface area contributed by atoms with Gasteiger partial charge in [-0.3, -0.25) is 0 Å². The molecule has 0 saturated carbocycles. The number of carboxylic acid groups (broad SMARTS) is 1. The third kappa shape index (κ3) is 2.96. The van der Waals surface area contributed by atoms with Gasteiger partial charge in [0.2, 0.25) is 0 Å². The van der Waals surface area contributed by atoms with Gasteiger partial charge in [-0.05, 0) is 42.0 Å². The van der Waals surface area contributed by atoms with E-state index in [0.29, 0.717) is 0 Å². The van der Waals surface area contributed by atoms with Crippen molar-refractivity contribution in [3.05, 3.63) is 41.0 Å². The van der Waals surface area contributed by atoms with Crippen molar-refractivity contribution in [3.8, 4) is 0 Å². The van der Waals surface area contributed by atoms with Gasteiger partial charge in [-0.1, -0.05) is 32.0 Å². The average Bonchev–Trinajstić information content (AvgIpc) is 2.27. The van der Waals surface area contributed by atoms with Crippen molar-refractivity contribution >= 4 is 11.5 Å². The fraction of sp³-hybridized carbons (Fsp3) is 0.357. The number of carboxylic acids is 1. The lowest BCUT2D eigenvalue weighted by Gasteiger charge is -2.10. The quantitative estimate of drug-likeness (QED) is 0.787. The molecule has 0 aliphatic heterocycles. The molecular weight excluding hydrogens is 200 g/mol. The summed E-state index contributed by atoms with van der Waals surface area (Å²) >= 11 is 0. The van der Waals surface area contributed by atoms with Crippen LogP contribution in [0.15, 0.2) is 24.3 Å². The Labute approximate surface area is 96.6 Å². The van der Waals surface area contributed by atoms with Crippen molar-refractivity contribution in [2.45, 2.75) is 33.6 Å². The molecule has 0 aliphatic carbocycles. The summed E-state index contributed by atoms with van der Waals surface area (Å²) in [5, 5.41) is 8.76. The molecule has 0 atom stereocenters. The Morgan fingerprint density at radius 2 is 2.00 bits per heavy atom. The predicted molar refractivity (Wildman–Crippen MR) is 66.5 cm³/mol. The lowest BCUT2D eigenvalue weighted by molar-refractivity contribution is -0.131. The van der Waals surface area contributed by atoms with Crippen LogP contribution in [-0.4, -0.2) is 11.1 Å². The minimum Gasteiger partial charge on any atom is -0.478 e. The van der Waals surface area contributed by atoms with Crippen molar-refractivity contribution in [3.63, 3.8) is 0 Å². The number of allylic oxidation sites excluding steroid dienone is 1. The van der Waals surface area contributed by atoms with E-state index in [1.807, 2.05) is 6.92 Å². The zero-order valence-corrected chi connectivity index (χ0v) is 10.1. The van der Waals surface area contributed by atoms with Gasteiger partial charge in [-0.25, -0.2) is 4.79 Å². The van der Waals surface area contributed by atoms with Crippen molar-refractivity contribution in [1.82, 2.24) is 0 Å². The molecule has 0 bridgehead atoms. The Bertz CT molecular complexity index is 417. The molecule has 0 fully saturated rings. The lowest BCUT2D eigenvalue weighted by Crippen LogP contribution is -1.96. The number of rotatable bonds is 4. The zero-order chi connectivity index (χ0) is 12.1. The molecule has 0 radical (unpaired) electrons. The van der Waals surface area contributed by atoms with Gasteiger partial charge in [-0.15, -0.1) is 0 Å². The number of carbonyl (C=O) groups is 1. The fourth-order valence-corrected chi connectivity index (χ4v) is 1.78. The Kier molecular flexibility index (Phi) is 4.29. The molecule has 0 heterocycles. The van der Waals surface area contributed by atoms with Crippen molar-refractivity contribution in [2.75, 3.05) is 0 Å². The van der Waals surface area contributed by atoms with Crippen LogP contribution in [0.4, 0.5) is 0 Å². The first kappa shape index (κ1) is 12.5. The third-order valence-electron chi connectivity index (χ3n) is 2.73. The first-order valence-electron chi connectivity index (χ1n) is 5.61. The minimum absolute atomic E-state index is 0.819. The second kappa shape index (κ2) is 5.50. The Hall–Kier alpha value is -1.57. The first-order valence-corrected chi connectivity index (χ1v) is 5.61. The van der Waals surface area contributed by atoms with Crippen LogP contribution < -0.4 is 0 Å². The summed E-state index contributed by atoms with van der Waals surface area (Å²) < 4.78 is 0. The molecule has 2 heteroatoms. The smallest absolute Gasteiger partial charge is 0.328 e. The van der Waals surface area contributed by atoms with Gasteiger partial charge in [0.1, 0.15) is 0 Å². The monoisotopic (exact) mass is 218 g/mol. The van der Waals surface area contributed by atoms with Gasteiger partial charge in [0.25, 0.3) is 0 Å². The van der Waals surface area contributed by atoms with Crippen molar-refractivity contribution < 1.29 is 9.90 Å². The molecule has 0 aromatic heterocycles. The van der Waals surface area contributed by atoms with E-state index in [4.69, 9.17) is 5.11 Å². The van der Waals surface area contributed by atoms with E-state index in [9.17, 15) is 4.79 Å². The maximum Gasteiger partial charge on any atom is 0.328 e. The molecule has 16 heavy (non-hydrogen) atoms. The molecule has 0 spiro atoms. The highest BCUT2D eigenvalue weighted by molar-refractivity contribution is 5.90. The van der Waals surface area contributed by atoms with Gasteiger partial charge in [-0.2, -0.15) is 0 Å². The first-order chi connectivity index (χ1) is 7.58. The SMILES string of the molecule is CCc1ccc(CC)c(/C(C)=C/C(=O)O)c1. The van der Waals surface area contributed by atoms with Crippen LogP contribution in [0.3, 0.4) is 0 Å². The molecular formula is C14H18O2. The highest BCUT2D eigenvalue weighted by atomic mass is 16.4. The number of aryl methyl sites for hydroxylation is 2. The maximum absolute atomic E-state index is 10.7. The summed E-state index contributed by atoms with van der Waals surface area (Å²) in [5.41, 5.74) is 4.32. The molecule has 2 nitrogen and oxygen atoms in total. The molecule has 86 valence electrons. The third-order valence-corrected chi connectivity index (χ3v) is 2.73. The average molecular weight is 218 g/mol. The van der Waals surface area contributed by atoms with Gasteiger partial charge in [0.15, 0.2) is 0 Å². The van der Waals surface area contributed by atoms with Gasteiger partial charge in [0, 0.05) is 6.08 Å². The van der Waals surface area contributed by atoms with Gasteiger partial charge in [0.05, 0.1) is 0 Å². The molecule has 0 unspecified atom stereocenters. The van der Waals surface area contributed by atoms with E-state index < -0.39 is 5.97 Å². The van der Waals surface area contributed by atoms with E-state index in [-0.39, 0.29) is 0 Å². The second-order valence-corrected chi connectivity index (χ2v) is 3.86. The van der Waals surface area contributed by atoms with Crippen LogP contribution in [0.1, 0.15) is 37.5 Å². The van der Waals surface area contributed by atoms with E-state index in [1.54, 1.807) is 0 Å². The van der Waals surface area contributed by atoms with E-state index >= 15 is 0 Å². The molecule has 1 N–H and O–H groups in total. The maximum atomic E-state index is 10.7. The second-order valence-electron chi connectivity index (χ2n) is 3.86. The summed E-state index contributed by atoms with van der Waals surface area (Å²) in [5.74, 6) is -0.888. The van der Waals surface area contributed by atoms with E-state index in [2.05, 4.69) is 32.0 Å². The summed E-state index contributed by atoms with van der Waals surface area (Å²) in [6, 6.07) is 6.29. The summed E-state index contributed by atoms with van der Waals surface area (Å²) in [6.45, 7) is 6.03. The van der Waals surface area contributed by atoms with E-state index in [1.165, 1.54) is 17.2 Å². The molecule has 0 amide bonds. The topological polar surface area (TPSA) is 37.3 Å². The van der Waals surface area contributed by atoms with Crippen LogP contribution in [0.2, 0.25) is 0 Å². The van der Waals surface area contributed by atoms with Gasteiger partial charge < -0.3 is 5.11 Å². The van der Waals surface area contributed by atoms with Crippen LogP contribution in [0.25, 0.3) is 5.57 Å². The normalized spacial score (nSPS) is 11.6. The Morgan fingerprint density at radius 1 is 1.31 bits per heavy atom. The number of aliphatic carboxylic acids is 1. The number of hydrogen-bond donors (Lipinski definition) is 1. The van der Waals surface area contributed by atoms with Crippen molar-refractivity contribution in [2.24, 2.45) is 0 Å². The largest absolute Gasteiger partial charge is 0.478 e. The lowest BCUT2D eigenvalue weighted by atomic mass is 9.95. The van der Waals surface area contributed by atoms with Gasteiger partial charge >= 0.3 is 5.97 Å². The molecule has 1 aromatic rings. The summed E-state index contributed by atoms with van der Waals surface area (Å²) in [4.78, 5) is 10.7. The number of hydrogen-bond acceptors (Lipinski definition) is 1. The molecule has 1 rings (SSSR count). The fourth-order valence-electron chi connectivity index (χ4n) is 1.78. The molecule has 0 saturated heterocycles. The zero-order valence-electron chi connectivity index (χ0n) is 10.1. The highest BCUT2D eigenvalue weighted by Crippen LogP contribution is 2.21. The minimum atomic E-state index is -0.888. The molecule has 1 aromatic carbocycles. The van der Waals surface area contributed by atoms with Crippen molar-refractivity contribution in [1.29, 1.82) is 0 Å². The van der Waals surface area contributed by atoms with Crippen LogP contribution in [-0.2, 0) is 17.6 Å². The summed E-state index contributed by atoms with van der Waals surface area (Å²) in [6.07, 6.45) is 3.16. The van der Waals surface area contributed by atoms with Crippen LogP contribution >= 0.6 is 0 Å². The van der Waals surface area contributed by atoms with E-state index in [0.717, 1.165) is 24.0 Å². The standard InChI is InChI=1S/C14H18O2/c1-4-11-6-7-12(5-2)13(9-11)10(3)8-14(15)16/h6-9H,4-5H2,1-3H3,(H,15,16)/b10-8+.